The normalized spacial score (nSPS) is 11.3. The summed E-state index contributed by atoms with van der Waals surface area (Å²) in [5, 5.41) is 0.568. The van der Waals surface area contributed by atoms with Crippen molar-refractivity contribution in [2.45, 2.75) is 5.75 Å². The van der Waals surface area contributed by atoms with E-state index in [9.17, 15) is 0 Å². The lowest BCUT2D eigenvalue weighted by molar-refractivity contribution is -0.00000296. The number of nitrogens with zero attached hydrogens (tertiary/aromatic N) is 1. The zero-order chi connectivity index (χ0) is 13.2. The van der Waals surface area contributed by atoms with Crippen molar-refractivity contribution in [1.82, 2.24) is 0 Å². The van der Waals surface area contributed by atoms with Crippen LogP contribution in [0.25, 0.3) is 0 Å². The third-order valence-electron chi connectivity index (χ3n) is 1.89. The summed E-state index contributed by atoms with van der Waals surface area (Å²) in [5.74, 6) is 0.731. The van der Waals surface area contributed by atoms with Crippen molar-refractivity contribution >= 4 is 96.6 Å². The highest BCUT2D eigenvalue weighted by Gasteiger charge is 2.17. The number of halogens is 6. The van der Waals surface area contributed by atoms with Gasteiger partial charge in [0.05, 0.1) is 0 Å². The zero-order valence-corrected chi connectivity index (χ0v) is 19.2. The third-order valence-corrected chi connectivity index (χ3v) is 9.05. The molecule has 0 radical (unpaired) electrons. The van der Waals surface area contributed by atoms with Crippen LogP contribution in [-0.4, -0.2) is 12.2 Å². The number of hydrogen-bond acceptors (Lipinski definition) is 2. The van der Waals surface area contributed by atoms with E-state index in [4.69, 9.17) is 5.73 Å². The number of rotatable bonds is 2. The van der Waals surface area contributed by atoms with Crippen molar-refractivity contribution in [2.75, 3.05) is 7.05 Å². The van der Waals surface area contributed by atoms with Crippen LogP contribution in [-0.2, 0) is 5.75 Å². The topological polar surface area (TPSA) is 38.4 Å². The Bertz CT molecular complexity index is 448. The number of amidine groups is 1. The van der Waals surface area contributed by atoms with Gasteiger partial charge in [0.15, 0.2) is 5.17 Å². The average Bonchev–Trinajstić information content (AvgIpc) is 2.33. The molecule has 0 bridgehead atoms. The summed E-state index contributed by atoms with van der Waals surface area (Å²) in [7, 11) is 1.68. The lowest BCUT2D eigenvalue weighted by Crippen LogP contribution is -3.00. The minimum absolute atomic E-state index is 0. The van der Waals surface area contributed by atoms with Gasteiger partial charge in [-0.25, -0.2) is 0 Å². The van der Waals surface area contributed by atoms with Gasteiger partial charge in [0.1, 0.15) is 0 Å². The van der Waals surface area contributed by atoms with Gasteiger partial charge in [0, 0.05) is 35.2 Å². The number of hydrogen-bond donors (Lipinski definition) is 1. The van der Waals surface area contributed by atoms with E-state index in [0.29, 0.717) is 5.17 Å². The second kappa shape index (κ2) is 9.04. The molecule has 0 aromatic heterocycles. The molecule has 0 aliphatic heterocycles. The van der Waals surface area contributed by atoms with E-state index in [2.05, 4.69) is 84.6 Å². The minimum Gasteiger partial charge on any atom is -1.00 e. The molecule has 0 amide bonds. The van der Waals surface area contributed by atoms with Crippen LogP contribution >= 0.6 is 91.4 Å². The molecule has 0 fully saturated rings. The molecule has 102 valence electrons. The molecule has 0 atom stereocenters. The van der Waals surface area contributed by atoms with Crippen molar-refractivity contribution in [3.63, 3.8) is 0 Å². The van der Waals surface area contributed by atoms with E-state index >= 15 is 0 Å². The maximum absolute atomic E-state index is 5.68. The van der Waals surface area contributed by atoms with Gasteiger partial charge in [0.2, 0.25) is 0 Å². The molecule has 0 aliphatic rings. The molecule has 1 aromatic carbocycles. The van der Waals surface area contributed by atoms with Gasteiger partial charge < -0.3 is 22.7 Å². The molecule has 0 saturated carbocycles. The monoisotopic (exact) mass is 649 g/mol. The molecule has 0 unspecified atom stereocenters. The predicted molar refractivity (Wildman–Crippen MR) is 93.8 cm³/mol. The van der Waals surface area contributed by atoms with E-state index in [1.807, 2.05) is 0 Å². The highest BCUT2D eigenvalue weighted by Crippen LogP contribution is 2.45. The average molecular weight is 655 g/mol. The molecule has 0 spiro atoms. The molecular formula is C9H7Br6N2S-. The minimum atomic E-state index is 0. The van der Waals surface area contributed by atoms with Crippen LogP contribution < -0.4 is 22.7 Å². The number of aliphatic imine (C=N–C) groups is 1. The Labute approximate surface area is 163 Å². The molecule has 0 heterocycles. The number of benzene rings is 1. The largest absolute Gasteiger partial charge is 1.00 e. The smallest absolute Gasteiger partial charge is 0.153 e. The van der Waals surface area contributed by atoms with Crippen LogP contribution in [0.5, 0.6) is 0 Å². The summed E-state index contributed by atoms with van der Waals surface area (Å²) in [6.45, 7) is 0. The lowest BCUT2D eigenvalue weighted by Gasteiger charge is -2.13. The fraction of sp³-hybridized carbons (Fsp3) is 0.222. The fourth-order valence-electron chi connectivity index (χ4n) is 0.988. The lowest BCUT2D eigenvalue weighted by atomic mass is 10.2. The van der Waals surface area contributed by atoms with E-state index < -0.39 is 0 Å². The van der Waals surface area contributed by atoms with Crippen molar-refractivity contribution in [1.29, 1.82) is 0 Å². The standard InChI is InChI=1S/C9H7Br5N2S.BrH/c1-16-9(15)17-2-3-4(10)6(12)8(14)7(13)5(3)11;/h2H2,1H3,(H2,15,16);1H/p-1. The van der Waals surface area contributed by atoms with Crippen molar-refractivity contribution in [3.8, 4) is 0 Å². The van der Waals surface area contributed by atoms with Gasteiger partial charge in [-0.3, -0.25) is 4.99 Å². The van der Waals surface area contributed by atoms with Crippen molar-refractivity contribution in [3.05, 3.63) is 27.9 Å². The van der Waals surface area contributed by atoms with E-state index in [0.717, 1.165) is 33.7 Å². The molecule has 2 N–H and O–H groups in total. The molecule has 2 nitrogen and oxygen atoms in total. The molecule has 1 rings (SSSR count). The molecule has 9 heteroatoms. The van der Waals surface area contributed by atoms with E-state index in [1.54, 1.807) is 7.05 Å². The van der Waals surface area contributed by atoms with Gasteiger partial charge >= 0.3 is 0 Å². The number of thioether (sulfide) groups is 1. The Morgan fingerprint density at radius 1 is 1.00 bits per heavy atom. The quantitative estimate of drug-likeness (QED) is 0.231. The van der Waals surface area contributed by atoms with Crippen LogP contribution in [0.3, 0.4) is 0 Å². The van der Waals surface area contributed by atoms with Crippen LogP contribution in [0, 0.1) is 0 Å². The van der Waals surface area contributed by atoms with Crippen LogP contribution in [0.4, 0.5) is 0 Å². The number of nitrogens with two attached hydrogens (primary N) is 1. The zero-order valence-electron chi connectivity index (χ0n) is 8.91. The second-order valence-electron chi connectivity index (χ2n) is 2.90. The van der Waals surface area contributed by atoms with Gasteiger partial charge in [-0.15, -0.1) is 0 Å². The summed E-state index contributed by atoms with van der Waals surface area (Å²) in [4.78, 5) is 3.92. The first-order valence-corrected chi connectivity index (χ1v) is 9.20. The maximum Gasteiger partial charge on any atom is 0.153 e. The summed E-state index contributed by atoms with van der Waals surface area (Å²) >= 11 is 19.2. The van der Waals surface area contributed by atoms with Gasteiger partial charge in [0.25, 0.3) is 0 Å². The van der Waals surface area contributed by atoms with Gasteiger partial charge in [-0.1, -0.05) is 11.8 Å². The Morgan fingerprint density at radius 3 is 1.78 bits per heavy atom. The van der Waals surface area contributed by atoms with Gasteiger partial charge in [-0.05, 0) is 85.2 Å². The molecule has 0 aliphatic carbocycles. The Hall–Kier alpha value is 1.92. The van der Waals surface area contributed by atoms with Crippen LogP contribution in [0.15, 0.2) is 27.4 Å². The van der Waals surface area contributed by atoms with Gasteiger partial charge in [-0.2, -0.15) is 0 Å². The second-order valence-corrected chi connectivity index (χ2v) is 7.86. The van der Waals surface area contributed by atoms with Crippen LogP contribution in [0.1, 0.15) is 5.56 Å². The van der Waals surface area contributed by atoms with Crippen molar-refractivity contribution < 1.29 is 17.0 Å². The Kier molecular flexibility index (Phi) is 10.0. The molecule has 0 saturated heterocycles. The molecular weight excluding hydrogens is 648 g/mol. The Morgan fingerprint density at radius 2 is 1.39 bits per heavy atom. The predicted octanol–water partition coefficient (Wildman–Crippen LogP) is 2.68. The Balaban J connectivity index is 0.00000289. The fourth-order valence-corrected chi connectivity index (χ4v) is 5.48. The first-order chi connectivity index (χ1) is 7.90. The summed E-state index contributed by atoms with van der Waals surface area (Å²) < 4.78 is 4.89. The molecule has 1 aromatic rings. The maximum atomic E-state index is 5.68. The highest BCUT2D eigenvalue weighted by molar-refractivity contribution is 9.15. The first-order valence-electron chi connectivity index (χ1n) is 4.25. The summed E-state index contributed by atoms with van der Waals surface area (Å²) in [6.07, 6.45) is 0. The highest BCUT2D eigenvalue weighted by atomic mass is 79.9. The van der Waals surface area contributed by atoms with Crippen LogP contribution in [0.2, 0.25) is 0 Å². The third kappa shape index (κ3) is 4.73. The van der Waals surface area contributed by atoms with Crippen molar-refractivity contribution in [2.24, 2.45) is 10.7 Å². The first kappa shape index (κ1) is 19.9. The summed E-state index contributed by atoms with van der Waals surface area (Å²) in [5.41, 5.74) is 6.79. The summed E-state index contributed by atoms with van der Waals surface area (Å²) in [6, 6.07) is 0. The SMILES string of the molecule is CN=C(N)SCc1c(Br)c(Br)c(Br)c(Br)c1Br.[Br-]. The van der Waals surface area contributed by atoms with E-state index in [-0.39, 0.29) is 17.0 Å². The molecule has 18 heavy (non-hydrogen) atoms. The van der Waals surface area contributed by atoms with E-state index in [1.165, 1.54) is 11.8 Å².